The molecule has 0 spiro atoms. The highest BCUT2D eigenvalue weighted by atomic mass is 19.1. The van der Waals surface area contributed by atoms with E-state index in [0.717, 1.165) is 17.7 Å². The summed E-state index contributed by atoms with van der Waals surface area (Å²) in [6.07, 6.45) is 2.01. The van der Waals surface area contributed by atoms with E-state index in [1.54, 1.807) is 12.1 Å². The minimum Gasteiger partial charge on any atom is -0.313 e. The Hall–Kier alpha value is -1.77. The molecule has 23 heavy (non-hydrogen) atoms. The van der Waals surface area contributed by atoms with Gasteiger partial charge in [-0.25, -0.2) is 4.39 Å². The minimum absolute atomic E-state index is 0.198. The molecule has 0 amide bonds. The van der Waals surface area contributed by atoms with Gasteiger partial charge in [-0.05, 0) is 64.2 Å². The maximum atomic E-state index is 13.0. The standard InChI is InChI=1S/C18H24FN3O/c1-17(2)12-14(18(3,4)22(17)23)11-16(21-20-5)10-13-6-8-15(19)9-7-13/h6-9,14,23H,10-12H2,1-4H3/b21-16+. The van der Waals surface area contributed by atoms with Gasteiger partial charge in [0.25, 0.3) is 0 Å². The van der Waals surface area contributed by atoms with Gasteiger partial charge in [0.05, 0.1) is 5.10 Å². The summed E-state index contributed by atoms with van der Waals surface area (Å²) >= 11 is 0. The van der Waals surface area contributed by atoms with Gasteiger partial charge in [0.1, 0.15) is 11.5 Å². The Morgan fingerprint density at radius 3 is 2.43 bits per heavy atom. The zero-order chi connectivity index (χ0) is 17.3. The lowest BCUT2D eigenvalue weighted by Gasteiger charge is -2.36. The van der Waals surface area contributed by atoms with E-state index in [9.17, 15) is 9.60 Å². The second-order valence-corrected chi connectivity index (χ2v) is 7.45. The molecule has 0 saturated carbocycles. The van der Waals surface area contributed by atoms with Gasteiger partial charge in [0.2, 0.25) is 0 Å². The molecule has 1 aromatic rings. The van der Waals surface area contributed by atoms with Crippen LogP contribution in [-0.4, -0.2) is 27.1 Å². The summed E-state index contributed by atoms with van der Waals surface area (Å²) in [6, 6.07) is 6.28. The summed E-state index contributed by atoms with van der Waals surface area (Å²) in [5.41, 5.74) is 1.03. The number of benzene rings is 1. The molecule has 1 N–H and O–H groups in total. The van der Waals surface area contributed by atoms with Crippen molar-refractivity contribution in [1.29, 1.82) is 0 Å². The van der Waals surface area contributed by atoms with Crippen molar-refractivity contribution >= 4 is 5.71 Å². The van der Waals surface area contributed by atoms with Gasteiger partial charge in [-0.15, -0.1) is 4.95 Å². The van der Waals surface area contributed by atoms with Gasteiger partial charge < -0.3 is 5.21 Å². The molecule has 1 aliphatic heterocycles. The summed E-state index contributed by atoms with van der Waals surface area (Å²) < 4.78 is 13.0. The number of nitrogens with zero attached hydrogens (tertiary/aromatic N) is 3. The van der Waals surface area contributed by atoms with Gasteiger partial charge >= 0.3 is 0 Å². The zero-order valence-electron chi connectivity index (χ0n) is 14.2. The largest absolute Gasteiger partial charge is 0.313 e. The van der Waals surface area contributed by atoms with Crippen molar-refractivity contribution in [3.63, 3.8) is 0 Å². The molecule has 4 nitrogen and oxygen atoms in total. The van der Waals surface area contributed by atoms with E-state index in [2.05, 4.69) is 10.1 Å². The van der Waals surface area contributed by atoms with Gasteiger partial charge in [-0.3, -0.25) is 0 Å². The van der Waals surface area contributed by atoms with E-state index in [1.807, 2.05) is 27.7 Å². The first-order valence-electron chi connectivity index (χ1n) is 7.82. The fraction of sp³-hybridized carbons (Fsp3) is 0.556. The molecule has 1 saturated heterocycles. The number of hydrogen-bond acceptors (Lipinski definition) is 3. The van der Waals surface area contributed by atoms with E-state index >= 15 is 0 Å². The summed E-state index contributed by atoms with van der Waals surface area (Å²) in [6.45, 7) is 15.1. The molecule has 0 radical (unpaired) electrons. The van der Waals surface area contributed by atoms with E-state index in [4.69, 9.17) is 6.57 Å². The van der Waals surface area contributed by atoms with Gasteiger partial charge in [0.15, 0.2) is 0 Å². The van der Waals surface area contributed by atoms with E-state index in [0.29, 0.717) is 12.8 Å². The molecule has 1 heterocycles. The van der Waals surface area contributed by atoms with Crippen molar-refractivity contribution in [3.05, 3.63) is 47.2 Å². The molecule has 124 valence electrons. The van der Waals surface area contributed by atoms with Crippen LogP contribution in [-0.2, 0) is 6.42 Å². The maximum Gasteiger partial charge on any atom is 0.123 e. The molecule has 1 unspecified atom stereocenters. The maximum absolute atomic E-state index is 13.0. The lowest BCUT2D eigenvalue weighted by molar-refractivity contribution is -0.196. The molecule has 1 atom stereocenters. The lowest BCUT2D eigenvalue weighted by atomic mass is 9.82. The van der Waals surface area contributed by atoms with Crippen LogP contribution in [0.5, 0.6) is 0 Å². The third-order valence-electron chi connectivity index (χ3n) is 4.86. The van der Waals surface area contributed by atoms with Gasteiger partial charge in [-0.1, -0.05) is 12.1 Å². The third kappa shape index (κ3) is 3.77. The van der Waals surface area contributed by atoms with Crippen molar-refractivity contribution in [1.82, 2.24) is 5.06 Å². The highest BCUT2D eigenvalue weighted by Gasteiger charge is 2.51. The molecular formula is C18H24FN3O. The fourth-order valence-electron chi connectivity index (χ4n) is 3.56. The van der Waals surface area contributed by atoms with Crippen molar-refractivity contribution in [2.45, 2.75) is 58.0 Å². The molecule has 2 rings (SSSR count). The molecule has 1 fully saturated rings. The van der Waals surface area contributed by atoms with Crippen LogP contribution in [0.2, 0.25) is 0 Å². The van der Waals surface area contributed by atoms with Crippen LogP contribution in [0.4, 0.5) is 4.39 Å². The van der Waals surface area contributed by atoms with Crippen LogP contribution in [0.3, 0.4) is 0 Å². The fourth-order valence-corrected chi connectivity index (χ4v) is 3.56. The Morgan fingerprint density at radius 2 is 1.96 bits per heavy atom. The van der Waals surface area contributed by atoms with Crippen molar-refractivity contribution in [3.8, 4) is 0 Å². The number of hydroxylamine groups is 2. The minimum atomic E-state index is -0.380. The average Bonchev–Trinajstić information content (AvgIpc) is 2.62. The Morgan fingerprint density at radius 1 is 1.35 bits per heavy atom. The van der Waals surface area contributed by atoms with Crippen LogP contribution in [0.25, 0.3) is 4.95 Å². The van der Waals surface area contributed by atoms with Gasteiger partial charge in [-0.2, -0.15) is 11.6 Å². The Kier molecular flexibility index (Phi) is 4.88. The monoisotopic (exact) mass is 317 g/mol. The first-order chi connectivity index (χ1) is 10.7. The summed E-state index contributed by atoms with van der Waals surface area (Å²) in [5, 5.41) is 15.8. The normalized spacial score (nSPS) is 23.7. The number of rotatable bonds is 4. The third-order valence-corrected chi connectivity index (χ3v) is 4.86. The molecule has 0 bridgehead atoms. The lowest BCUT2D eigenvalue weighted by Crippen LogP contribution is -2.47. The molecule has 0 aliphatic carbocycles. The van der Waals surface area contributed by atoms with Gasteiger partial charge in [0, 0.05) is 17.5 Å². The van der Waals surface area contributed by atoms with E-state index in [1.165, 1.54) is 17.2 Å². The quantitative estimate of drug-likeness (QED) is 0.511. The molecule has 1 aliphatic rings. The highest BCUT2D eigenvalue weighted by Crippen LogP contribution is 2.45. The van der Waals surface area contributed by atoms with Crippen LogP contribution in [0.1, 0.15) is 46.1 Å². The van der Waals surface area contributed by atoms with Crippen LogP contribution in [0, 0.1) is 18.3 Å². The van der Waals surface area contributed by atoms with Crippen molar-refractivity contribution in [2.24, 2.45) is 11.0 Å². The molecule has 1 aromatic carbocycles. The Balaban J connectivity index is 2.16. The van der Waals surface area contributed by atoms with Crippen LogP contribution >= 0.6 is 0 Å². The first kappa shape index (κ1) is 17.6. The van der Waals surface area contributed by atoms with Crippen LogP contribution < -0.4 is 0 Å². The predicted molar refractivity (Wildman–Crippen MR) is 88.6 cm³/mol. The van der Waals surface area contributed by atoms with Crippen LogP contribution in [0.15, 0.2) is 29.4 Å². The van der Waals surface area contributed by atoms with E-state index < -0.39 is 0 Å². The number of halogens is 1. The second kappa shape index (κ2) is 6.38. The smallest absolute Gasteiger partial charge is 0.123 e. The Bertz CT molecular complexity index is 629. The second-order valence-electron chi connectivity index (χ2n) is 7.45. The summed E-state index contributed by atoms with van der Waals surface area (Å²) in [4.78, 5) is 3.18. The molecule has 5 heteroatoms. The topological polar surface area (TPSA) is 40.2 Å². The predicted octanol–water partition coefficient (Wildman–Crippen LogP) is 4.30. The van der Waals surface area contributed by atoms with E-state index in [-0.39, 0.29) is 22.8 Å². The summed E-state index contributed by atoms with van der Waals surface area (Å²) in [7, 11) is 0. The number of hydrogen-bond donors (Lipinski definition) is 1. The Labute approximate surface area is 137 Å². The summed E-state index contributed by atoms with van der Waals surface area (Å²) in [5.74, 6) is -0.0736. The SMILES string of the molecule is [C-]#[N+]/N=C(\Cc1ccc(F)cc1)CC1CC(C)(C)N(O)C1(C)C. The first-order valence-corrected chi connectivity index (χ1v) is 7.82. The highest BCUT2D eigenvalue weighted by molar-refractivity contribution is 5.87. The van der Waals surface area contributed by atoms with Crippen molar-refractivity contribution < 1.29 is 9.60 Å². The molecular weight excluding hydrogens is 293 g/mol. The van der Waals surface area contributed by atoms with Crippen molar-refractivity contribution in [2.75, 3.05) is 0 Å². The average molecular weight is 317 g/mol. The molecule has 0 aromatic heterocycles. The zero-order valence-corrected chi connectivity index (χ0v) is 14.2.